The molecule has 0 radical (unpaired) electrons. The van der Waals surface area contributed by atoms with Gasteiger partial charge in [-0.3, -0.25) is 14.4 Å². The molecule has 0 saturated heterocycles. The Morgan fingerprint density at radius 1 is 0.795 bits per heavy atom. The number of phenolic OH excluding ortho intramolecular Hbond substituents is 1. The van der Waals surface area contributed by atoms with Crippen molar-refractivity contribution >= 4 is 45.9 Å². The van der Waals surface area contributed by atoms with Gasteiger partial charge in [0, 0.05) is 12.1 Å². The maximum absolute atomic E-state index is 13.6. The van der Waals surface area contributed by atoms with E-state index in [1.165, 1.54) is 12.1 Å². The molecule has 9 nitrogen and oxygen atoms in total. The van der Waals surface area contributed by atoms with Gasteiger partial charge in [0.25, 0.3) is 0 Å². The summed E-state index contributed by atoms with van der Waals surface area (Å²) >= 11 is 1.56. The Labute approximate surface area is 261 Å². The summed E-state index contributed by atoms with van der Waals surface area (Å²) in [6.45, 7) is 0.251. The molecule has 0 saturated carbocycles. The van der Waals surface area contributed by atoms with Gasteiger partial charge in [0.2, 0.25) is 17.7 Å². The Hall–Kier alpha value is -4.38. The SMILES string of the molecule is CSCC[C@H](NC(=O)[C@H](Cc1ccc(O)cc1)NC(=O)[C@H](N)COCc1ccccc1)C(=O)Nc1ccc2ccccc2c1. The number of carbonyl (C=O) groups is 3. The van der Waals surface area contributed by atoms with E-state index < -0.39 is 29.9 Å². The first-order chi connectivity index (χ1) is 21.3. The number of ether oxygens (including phenoxy) is 1. The summed E-state index contributed by atoms with van der Waals surface area (Å²) in [5.74, 6) is -0.724. The molecule has 4 aromatic carbocycles. The maximum atomic E-state index is 13.6. The van der Waals surface area contributed by atoms with E-state index in [0.29, 0.717) is 30.0 Å². The van der Waals surface area contributed by atoms with E-state index in [2.05, 4.69) is 16.0 Å². The molecule has 0 heterocycles. The minimum absolute atomic E-state index is 0.0429. The van der Waals surface area contributed by atoms with Gasteiger partial charge < -0.3 is 31.5 Å². The van der Waals surface area contributed by atoms with Gasteiger partial charge in [-0.1, -0.05) is 72.8 Å². The summed E-state index contributed by atoms with van der Waals surface area (Å²) in [5.41, 5.74) is 8.39. The quantitative estimate of drug-likeness (QED) is 0.136. The molecule has 0 aliphatic heterocycles. The molecule has 0 unspecified atom stereocenters. The lowest BCUT2D eigenvalue weighted by atomic mass is 10.0. The molecule has 230 valence electrons. The Morgan fingerprint density at radius 3 is 2.20 bits per heavy atom. The van der Waals surface area contributed by atoms with Crippen molar-refractivity contribution in [2.45, 2.75) is 37.6 Å². The smallest absolute Gasteiger partial charge is 0.246 e. The summed E-state index contributed by atoms with van der Waals surface area (Å²) in [5, 5.41) is 20.2. The van der Waals surface area contributed by atoms with Crippen LogP contribution in [0.4, 0.5) is 5.69 Å². The molecule has 0 fully saturated rings. The number of nitrogens with two attached hydrogens (primary N) is 1. The Morgan fingerprint density at radius 2 is 1.48 bits per heavy atom. The highest BCUT2D eigenvalue weighted by Gasteiger charge is 2.28. The van der Waals surface area contributed by atoms with Crippen LogP contribution >= 0.6 is 11.8 Å². The fourth-order valence-electron chi connectivity index (χ4n) is 4.58. The van der Waals surface area contributed by atoms with Crippen molar-refractivity contribution in [3.63, 3.8) is 0 Å². The predicted molar refractivity (Wildman–Crippen MR) is 175 cm³/mol. The van der Waals surface area contributed by atoms with Gasteiger partial charge in [-0.05, 0) is 64.6 Å². The third-order valence-electron chi connectivity index (χ3n) is 7.02. The Balaban J connectivity index is 1.44. The van der Waals surface area contributed by atoms with Gasteiger partial charge >= 0.3 is 0 Å². The van der Waals surface area contributed by atoms with Gasteiger partial charge in [-0.25, -0.2) is 0 Å². The van der Waals surface area contributed by atoms with E-state index in [-0.39, 0.29) is 24.7 Å². The zero-order valence-electron chi connectivity index (χ0n) is 24.6. The molecule has 44 heavy (non-hydrogen) atoms. The summed E-state index contributed by atoms with van der Waals surface area (Å²) < 4.78 is 5.63. The molecule has 0 aliphatic rings. The first-order valence-electron chi connectivity index (χ1n) is 14.4. The molecule has 4 rings (SSSR count). The standard InChI is InChI=1S/C34H38N4O5S/c1-44-18-17-30(33(41)36-27-14-13-25-9-5-6-10-26(25)20-27)37-34(42)31(19-23-11-15-28(39)16-12-23)38-32(40)29(35)22-43-21-24-7-3-2-4-8-24/h2-16,20,29-31,39H,17-19,21-22,35H2,1H3,(H,36,41)(H,37,42)(H,38,40)/t29-,30+,31+/m1/s1. The summed E-state index contributed by atoms with van der Waals surface area (Å²) in [4.78, 5) is 40.1. The highest BCUT2D eigenvalue weighted by atomic mass is 32.2. The van der Waals surface area contributed by atoms with Crippen LogP contribution in [0, 0.1) is 0 Å². The van der Waals surface area contributed by atoms with Crippen molar-refractivity contribution in [3.05, 3.63) is 108 Å². The first-order valence-corrected chi connectivity index (χ1v) is 15.8. The van der Waals surface area contributed by atoms with E-state index in [1.54, 1.807) is 23.9 Å². The zero-order chi connectivity index (χ0) is 31.3. The van der Waals surface area contributed by atoms with Gasteiger partial charge in [0.15, 0.2) is 0 Å². The average Bonchev–Trinajstić information content (AvgIpc) is 3.03. The summed E-state index contributed by atoms with van der Waals surface area (Å²) in [7, 11) is 0. The number of benzene rings is 4. The number of nitrogens with one attached hydrogen (secondary N) is 3. The van der Waals surface area contributed by atoms with Crippen LogP contribution < -0.4 is 21.7 Å². The average molecular weight is 615 g/mol. The largest absolute Gasteiger partial charge is 0.508 e. The molecular formula is C34H38N4O5S. The van der Waals surface area contributed by atoms with Gasteiger partial charge in [-0.2, -0.15) is 11.8 Å². The van der Waals surface area contributed by atoms with E-state index in [0.717, 1.165) is 16.3 Å². The van der Waals surface area contributed by atoms with Crippen LogP contribution in [-0.2, 0) is 32.1 Å². The zero-order valence-corrected chi connectivity index (χ0v) is 25.4. The van der Waals surface area contributed by atoms with Crippen molar-refractivity contribution in [2.24, 2.45) is 5.73 Å². The predicted octanol–water partition coefficient (Wildman–Crippen LogP) is 3.99. The lowest BCUT2D eigenvalue weighted by molar-refractivity contribution is -0.132. The number of aromatic hydroxyl groups is 1. The van der Waals surface area contributed by atoms with E-state index in [1.807, 2.05) is 79.1 Å². The van der Waals surface area contributed by atoms with E-state index >= 15 is 0 Å². The fourth-order valence-corrected chi connectivity index (χ4v) is 5.05. The normalized spacial score (nSPS) is 13.0. The highest BCUT2D eigenvalue weighted by Crippen LogP contribution is 2.19. The molecule has 6 N–H and O–H groups in total. The molecule has 0 spiro atoms. The fraction of sp³-hybridized carbons (Fsp3) is 0.265. The minimum atomic E-state index is -1.03. The molecule has 0 aromatic heterocycles. The Kier molecular flexibility index (Phi) is 12.2. The van der Waals surface area contributed by atoms with Crippen LogP contribution in [0.1, 0.15) is 17.5 Å². The first kappa shape index (κ1) is 32.5. The lowest BCUT2D eigenvalue weighted by Gasteiger charge is -2.24. The number of carbonyl (C=O) groups excluding carboxylic acids is 3. The number of fused-ring (bicyclic) bond motifs is 1. The van der Waals surface area contributed by atoms with Gasteiger partial charge in [-0.15, -0.1) is 0 Å². The summed E-state index contributed by atoms with van der Waals surface area (Å²) in [6, 6.07) is 26.4. The monoisotopic (exact) mass is 614 g/mol. The molecule has 0 bridgehead atoms. The Bertz CT molecular complexity index is 1530. The van der Waals surface area contributed by atoms with E-state index in [4.69, 9.17) is 10.5 Å². The second kappa shape index (κ2) is 16.5. The van der Waals surface area contributed by atoms with Crippen LogP contribution in [-0.4, -0.2) is 59.6 Å². The molecule has 3 atom stereocenters. The number of phenols is 1. The molecule has 4 aromatic rings. The number of thioether (sulfide) groups is 1. The number of amides is 3. The number of anilines is 1. The third-order valence-corrected chi connectivity index (χ3v) is 7.66. The number of hydrogen-bond acceptors (Lipinski definition) is 7. The molecular weight excluding hydrogens is 576 g/mol. The van der Waals surface area contributed by atoms with Gasteiger partial charge in [0.05, 0.1) is 13.2 Å². The van der Waals surface area contributed by atoms with Crippen LogP contribution in [0.2, 0.25) is 0 Å². The molecule has 0 aliphatic carbocycles. The minimum Gasteiger partial charge on any atom is -0.508 e. The number of hydrogen-bond donors (Lipinski definition) is 5. The highest BCUT2D eigenvalue weighted by molar-refractivity contribution is 7.98. The van der Waals surface area contributed by atoms with Crippen LogP contribution in [0.3, 0.4) is 0 Å². The second-order valence-corrected chi connectivity index (χ2v) is 11.4. The van der Waals surface area contributed by atoms with Crippen molar-refractivity contribution in [1.82, 2.24) is 10.6 Å². The maximum Gasteiger partial charge on any atom is 0.246 e. The van der Waals surface area contributed by atoms with Crippen molar-refractivity contribution in [1.29, 1.82) is 0 Å². The topological polar surface area (TPSA) is 143 Å². The van der Waals surface area contributed by atoms with Crippen LogP contribution in [0.5, 0.6) is 5.75 Å². The third kappa shape index (κ3) is 9.84. The van der Waals surface area contributed by atoms with Crippen molar-refractivity contribution in [2.75, 3.05) is 23.9 Å². The lowest BCUT2D eigenvalue weighted by Crippen LogP contribution is -2.56. The molecule has 3 amide bonds. The van der Waals surface area contributed by atoms with E-state index in [9.17, 15) is 19.5 Å². The van der Waals surface area contributed by atoms with Gasteiger partial charge in [0.1, 0.15) is 23.9 Å². The van der Waals surface area contributed by atoms with Crippen LogP contribution in [0.15, 0.2) is 97.1 Å². The summed E-state index contributed by atoms with van der Waals surface area (Å²) in [6.07, 6.45) is 2.44. The van der Waals surface area contributed by atoms with Crippen molar-refractivity contribution in [3.8, 4) is 5.75 Å². The molecule has 10 heteroatoms. The van der Waals surface area contributed by atoms with Crippen LogP contribution in [0.25, 0.3) is 10.8 Å². The van der Waals surface area contributed by atoms with Crippen molar-refractivity contribution < 1.29 is 24.2 Å². The number of rotatable bonds is 15. The second-order valence-electron chi connectivity index (χ2n) is 10.4.